The van der Waals surface area contributed by atoms with Crippen LogP contribution < -0.4 is 0 Å². The number of hydrogen-bond donors (Lipinski definition) is 0. The summed E-state index contributed by atoms with van der Waals surface area (Å²) in [6.07, 6.45) is 4.70. The van der Waals surface area contributed by atoms with Gasteiger partial charge in [-0.3, -0.25) is 0 Å². The molecule has 0 unspecified atom stereocenters. The monoisotopic (exact) mass is 123 g/mol. The van der Waals surface area contributed by atoms with Gasteiger partial charge in [-0.25, -0.2) is 0 Å². The third-order valence-corrected chi connectivity index (χ3v) is 1.11. The second-order valence-electron chi connectivity index (χ2n) is 2.80. The van der Waals surface area contributed by atoms with Gasteiger partial charge in [0.2, 0.25) is 0 Å². The molecule has 0 aliphatic heterocycles. The first-order chi connectivity index (χ1) is 4.16. The quantitative estimate of drug-likeness (QED) is 0.506. The van der Waals surface area contributed by atoms with Crippen LogP contribution in [0.1, 0.15) is 27.2 Å². The van der Waals surface area contributed by atoms with Gasteiger partial charge >= 0.3 is 0 Å². The van der Waals surface area contributed by atoms with E-state index in [-0.39, 0.29) is 0 Å². The average molecular weight is 123 g/mol. The van der Waals surface area contributed by atoms with Crippen LogP contribution in [0, 0.1) is 12.5 Å². The first-order valence-corrected chi connectivity index (χ1v) is 3.37. The minimum atomic E-state index is 0.737. The Morgan fingerprint density at radius 3 is 2.44 bits per heavy atom. The van der Waals surface area contributed by atoms with E-state index in [2.05, 4.69) is 20.8 Å². The molecule has 0 nitrogen and oxygen atoms in total. The highest BCUT2D eigenvalue weighted by atomic mass is 14.0. The number of allylic oxidation sites excluding steroid dienone is 3. The lowest BCUT2D eigenvalue weighted by Gasteiger charge is -2.02. The van der Waals surface area contributed by atoms with Crippen molar-refractivity contribution in [3.05, 3.63) is 24.3 Å². The Labute approximate surface area is 58.3 Å². The van der Waals surface area contributed by atoms with Crippen molar-refractivity contribution in [2.24, 2.45) is 5.92 Å². The minimum absolute atomic E-state index is 0.737. The molecule has 9 heavy (non-hydrogen) atoms. The summed E-state index contributed by atoms with van der Waals surface area (Å²) >= 11 is 0. The van der Waals surface area contributed by atoms with Gasteiger partial charge in [0.25, 0.3) is 0 Å². The Bertz CT molecular complexity index is 107. The SMILES string of the molecule is [CH]=C/C=C(\C)CC(C)C. The zero-order valence-electron chi connectivity index (χ0n) is 6.52. The van der Waals surface area contributed by atoms with Crippen molar-refractivity contribution in [1.82, 2.24) is 0 Å². The van der Waals surface area contributed by atoms with Crippen molar-refractivity contribution in [3.63, 3.8) is 0 Å². The van der Waals surface area contributed by atoms with Crippen LogP contribution in [0.15, 0.2) is 17.7 Å². The van der Waals surface area contributed by atoms with Gasteiger partial charge in [0.1, 0.15) is 0 Å². The molecular formula is C9H15. The van der Waals surface area contributed by atoms with E-state index in [1.54, 1.807) is 6.08 Å². The van der Waals surface area contributed by atoms with E-state index in [9.17, 15) is 0 Å². The Balaban J connectivity index is 3.61. The topological polar surface area (TPSA) is 0 Å². The Morgan fingerprint density at radius 2 is 2.11 bits per heavy atom. The molecule has 0 bridgehead atoms. The molecule has 0 aromatic rings. The molecule has 0 N–H and O–H groups in total. The van der Waals surface area contributed by atoms with Gasteiger partial charge in [0, 0.05) is 0 Å². The van der Waals surface area contributed by atoms with Crippen molar-refractivity contribution in [2.75, 3.05) is 0 Å². The first kappa shape index (κ1) is 8.48. The molecule has 1 radical (unpaired) electrons. The lowest BCUT2D eigenvalue weighted by Crippen LogP contribution is -1.86. The van der Waals surface area contributed by atoms with Crippen LogP contribution in [-0.2, 0) is 0 Å². The van der Waals surface area contributed by atoms with Gasteiger partial charge in [0.15, 0.2) is 0 Å². The van der Waals surface area contributed by atoms with E-state index in [1.807, 2.05) is 6.08 Å². The molecule has 0 rings (SSSR count). The van der Waals surface area contributed by atoms with Crippen LogP contribution in [0.3, 0.4) is 0 Å². The highest BCUT2D eigenvalue weighted by Crippen LogP contribution is 2.08. The van der Waals surface area contributed by atoms with E-state index >= 15 is 0 Å². The predicted octanol–water partition coefficient (Wildman–Crippen LogP) is 2.97. The molecule has 0 saturated carbocycles. The second-order valence-corrected chi connectivity index (χ2v) is 2.80. The van der Waals surface area contributed by atoms with E-state index in [4.69, 9.17) is 6.58 Å². The molecule has 51 valence electrons. The molecule has 0 heteroatoms. The lowest BCUT2D eigenvalue weighted by atomic mass is 10.0. The largest absolute Gasteiger partial charge is 0.0731 e. The maximum atomic E-state index is 5.20. The molecular weight excluding hydrogens is 108 g/mol. The maximum Gasteiger partial charge on any atom is -0.0297 e. The highest BCUT2D eigenvalue weighted by Gasteiger charge is 1.92. The number of hydrogen-bond acceptors (Lipinski definition) is 0. The fourth-order valence-corrected chi connectivity index (χ4v) is 0.876. The van der Waals surface area contributed by atoms with Crippen LogP contribution in [-0.4, -0.2) is 0 Å². The smallest absolute Gasteiger partial charge is 0.0297 e. The molecule has 0 amide bonds. The summed E-state index contributed by atoms with van der Waals surface area (Å²) in [5.41, 5.74) is 1.35. The fourth-order valence-electron chi connectivity index (χ4n) is 0.876. The van der Waals surface area contributed by atoms with Crippen molar-refractivity contribution in [3.8, 4) is 0 Å². The summed E-state index contributed by atoms with van der Waals surface area (Å²) in [5, 5.41) is 0. The second kappa shape index (κ2) is 4.37. The number of rotatable bonds is 3. The summed E-state index contributed by atoms with van der Waals surface area (Å²) in [7, 11) is 0. The zero-order chi connectivity index (χ0) is 7.28. The highest BCUT2D eigenvalue weighted by molar-refractivity contribution is 5.06. The third kappa shape index (κ3) is 5.35. The maximum absolute atomic E-state index is 5.20. The van der Waals surface area contributed by atoms with E-state index in [1.165, 1.54) is 5.57 Å². The average Bonchev–Trinajstić information content (AvgIpc) is 1.63. The molecule has 0 heterocycles. The standard InChI is InChI=1S/C9H15/c1-5-6-9(4)7-8(2)3/h1,5-6,8H,7H2,2-4H3/b5-1?,9-6+. The Morgan fingerprint density at radius 1 is 1.56 bits per heavy atom. The van der Waals surface area contributed by atoms with Gasteiger partial charge in [0.05, 0.1) is 0 Å². The van der Waals surface area contributed by atoms with Gasteiger partial charge in [-0.2, -0.15) is 0 Å². The molecule has 0 fully saturated rings. The lowest BCUT2D eigenvalue weighted by molar-refractivity contribution is 0.642. The van der Waals surface area contributed by atoms with Gasteiger partial charge < -0.3 is 0 Å². The van der Waals surface area contributed by atoms with E-state index in [0.29, 0.717) is 0 Å². The Hall–Kier alpha value is -0.520. The van der Waals surface area contributed by atoms with Gasteiger partial charge in [-0.05, 0) is 19.3 Å². The summed E-state index contributed by atoms with van der Waals surface area (Å²) in [4.78, 5) is 0. The van der Waals surface area contributed by atoms with Gasteiger partial charge in [-0.15, -0.1) is 0 Å². The normalized spacial score (nSPS) is 12.2. The zero-order valence-corrected chi connectivity index (χ0v) is 6.52. The molecule has 0 aromatic heterocycles. The summed E-state index contributed by atoms with van der Waals surface area (Å²) < 4.78 is 0. The fraction of sp³-hybridized carbons (Fsp3) is 0.556. The Kier molecular flexibility index (Phi) is 4.12. The van der Waals surface area contributed by atoms with E-state index in [0.717, 1.165) is 12.3 Å². The molecule has 0 atom stereocenters. The van der Waals surface area contributed by atoms with Crippen LogP contribution in [0.4, 0.5) is 0 Å². The van der Waals surface area contributed by atoms with Crippen molar-refractivity contribution in [2.45, 2.75) is 27.2 Å². The first-order valence-electron chi connectivity index (χ1n) is 3.37. The van der Waals surface area contributed by atoms with Gasteiger partial charge in [-0.1, -0.05) is 38.2 Å². The molecule has 0 aliphatic carbocycles. The molecule has 0 aromatic carbocycles. The van der Waals surface area contributed by atoms with Crippen LogP contribution in [0.25, 0.3) is 0 Å². The predicted molar refractivity (Wildman–Crippen MR) is 42.1 cm³/mol. The summed E-state index contributed by atoms with van der Waals surface area (Å²) in [6.45, 7) is 11.7. The van der Waals surface area contributed by atoms with Crippen LogP contribution in [0.2, 0.25) is 0 Å². The molecule has 0 spiro atoms. The molecule has 0 saturated heterocycles. The van der Waals surface area contributed by atoms with E-state index < -0.39 is 0 Å². The van der Waals surface area contributed by atoms with Crippen molar-refractivity contribution >= 4 is 0 Å². The minimum Gasteiger partial charge on any atom is -0.0731 e. The van der Waals surface area contributed by atoms with Crippen molar-refractivity contribution < 1.29 is 0 Å². The van der Waals surface area contributed by atoms with Crippen LogP contribution in [0.5, 0.6) is 0 Å². The summed E-state index contributed by atoms with van der Waals surface area (Å²) in [5.74, 6) is 0.737. The summed E-state index contributed by atoms with van der Waals surface area (Å²) in [6, 6.07) is 0. The molecule has 0 aliphatic rings. The third-order valence-electron chi connectivity index (χ3n) is 1.11. The van der Waals surface area contributed by atoms with Crippen molar-refractivity contribution in [1.29, 1.82) is 0 Å². The van der Waals surface area contributed by atoms with Crippen LogP contribution >= 0.6 is 0 Å².